The van der Waals surface area contributed by atoms with Gasteiger partial charge in [0.25, 0.3) is 0 Å². The van der Waals surface area contributed by atoms with E-state index in [1.165, 1.54) is 12.8 Å². The maximum atomic E-state index is 12.5. The van der Waals surface area contributed by atoms with Crippen LogP contribution in [0.15, 0.2) is 0 Å². The molecule has 2 fully saturated rings. The van der Waals surface area contributed by atoms with E-state index in [-0.39, 0.29) is 30.8 Å². The molecule has 0 aromatic heterocycles. The summed E-state index contributed by atoms with van der Waals surface area (Å²) in [6.07, 6.45) is 4.50. The Hall–Kier alpha value is -1.14. The minimum Gasteiger partial charge on any atom is -0.481 e. The number of carbonyl (C=O) groups excluding carboxylic acids is 1. The molecule has 0 aromatic carbocycles. The predicted octanol–water partition coefficient (Wildman–Crippen LogP) is 4.02. The van der Waals surface area contributed by atoms with Crippen LogP contribution in [0.3, 0.4) is 0 Å². The smallest absolute Gasteiger partial charge is 0.308 e. The second kappa shape index (κ2) is 11.5. The van der Waals surface area contributed by atoms with E-state index in [2.05, 4.69) is 13.8 Å². The monoisotopic (exact) mass is 426 g/mol. The molecule has 2 saturated carbocycles. The Morgan fingerprint density at radius 3 is 2.43 bits per heavy atom. The lowest BCUT2D eigenvalue weighted by Gasteiger charge is -2.50. The summed E-state index contributed by atoms with van der Waals surface area (Å²) in [7, 11) is 0. The van der Waals surface area contributed by atoms with Crippen LogP contribution in [0.2, 0.25) is 0 Å². The number of ether oxygens (including phenoxy) is 1. The zero-order chi connectivity index (χ0) is 22.4. The van der Waals surface area contributed by atoms with Gasteiger partial charge in [0.2, 0.25) is 0 Å². The van der Waals surface area contributed by atoms with Crippen LogP contribution in [0.1, 0.15) is 85.5 Å². The second-order valence-electron chi connectivity index (χ2n) is 10.1. The number of hydrogen-bond acceptors (Lipinski definition) is 5. The number of aliphatic hydroxyl groups excluding tert-OH is 2. The average molecular weight is 427 g/mol. The van der Waals surface area contributed by atoms with Crippen LogP contribution in [0.25, 0.3) is 0 Å². The molecular formula is C24H42O6. The molecule has 6 heteroatoms. The van der Waals surface area contributed by atoms with Gasteiger partial charge in [-0.3, -0.25) is 9.59 Å². The van der Waals surface area contributed by atoms with E-state index in [1.54, 1.807) is 0 Å². The highest BCUT2D eigenvalue weighted by atomic mass is 16.5. The number of rotatable bonds is 10. The lowest BCUT2D eigenvalue weighted by atomic mass is 9.58. The van der Waals surface area contributed by atoms with Gasteiger partial charge >= 0.3 is 11.9 Å². The molecule has 30 heavy (non-hydrogen) atoms. The number of hydrogen-bond donors (Lipinski definition) is 3. The Morgan fingerprint density at radius 2 is 1.80 bits per heavy atom. The van der Waals surface area contributed by atoms with Gasteiger partial charge in [0.1, 0.15) is 6.10 Å². The van der Waals surface area contributed by atoms with Crippen LogP contribution in [-0.2, 0) is 14.3 Å². The molecule has 2 aliphatic rings. The minimum absolute atomic E-state index is 0.0530. The number of carboxylic acid groups (broad SMARTS) is 1. The van der Waals surface area contributed by atoms with Gasteiger partial charge in [-0.1, -0.05) is 34.1 Å². The van der Waals surface area contributed by atoms with Gasteiger partial charge in [0, 0.05) is 5.92 Å². The fraction of sp³-hybridized carbons (Fsp3) is 0.917. The molecule has 2 aliphatic carbocycles. The Kier molecular flexibility index (Phi) is 9.61. The molecule has 0 amide bonds. The molecule has 174 valence electrons. The van der Waals surface area contributed by atoms with Gasteiger partial charge in [0.05, 0.1) is 24.5 Å². The molecule has 9 unspecified atom stereocenters. The van der Waals surface area contributed by atoms with Crippen molar-refractivity contribution in [2.75, 3.05) is 0 Å². The maximum absolute atomic E-state index is 12.5. The molecule has 0 bridgehead atoms. The summed E-state index contributed by atoms with van der Waals surface area (Å²) < 4.78 is 6.07. The van der Waals surface area contributed by atoms with Gasteiger partial charge in [-0.15, -0.1) is 0 Å². The predicted molar refractivity (Wildman–Crippen MR) is 115 cm³/mol. The lowest BCUT2D eigenvalue weighted by molar-refractivity contribution is -0.167. The molecule has 2 rings (SSSR count). The number of carbonyl (C=O) groups is 2. The third-order valence-electron chi connectivity index (χ3n) is 7.60. The van der Waals surface area contributed by atoms with Crippen LogP contribution in [0, 0.1) is 35.5 Å². The number of esters is 1. The van der Waals surface area contributed by atoms with Crippen LogP contribution >= 0.6 is 0 Å². The van der Waals surface area contributed by atoms with Gasteiger partial charge in [-0.05, 0) is 68.6 Å². The zero-order valence-electron chi connectivity index (χ0n) is 19.1. The van der Waals surface area contributed by atoms with E-state index >= 15 is 0 Å². The van der Waals surface area contributed by atoms with Crippen molar-refractivity contribution in [1.29, 1.82) is 0 Å². The van der Waals surface area contributed by atoms with E-state index < -0.39 is 18.2 Å². The standard InChI is InChI=1S/C24H42O6/c1-5-15(3)24(29)30-21-11-14(2)10-17-7-6-16(4)20(23(17)21)9-8-18(25)12-19(26)13-22(27)28/h14-21,23,25-26H,5-13H2,1-4H3,(H,27,28). The third-order valence-corrected chi connectivity index (χ3v) is 7.60. The highest BCUT2D eigenvalue weighted by Gasteiger charge is 2.46. The minimum atomic E-state index is -1.05. The summed E-state index contributed by atoms with van der Waals surface area (Å²) in [5, 5.41) is 29.0. The van der Waals surface area contributed by atoms with Gasteiger partial charge in [-0.25, -0.2) is 0 Å². The highest BCUT2D eigenvalue weighted by Crippen LogP contribution is 2.50. The fourth-order valence-electron chi connectivity index (χ4n) is 5.77. The lowest BCUT2D eigenvalue weighted by Crippen LogP contribution is -2.47. The van der Waals surface area contributed by atoms with Crippen molar-refractivity contribution < 1.29 is 29.6 Å². The Morgan fingerprint density at radius 1 is 1.10 bits per heavy atom. The first-order valence-electron chi connectivity index (χ1n) is 11.9. The van der Waals surface area contributed by atoms with Crippen LogP contribution in [0.5, 0.6) is 0 Å². The highest BCUT2D eigenvalue weighted by molar-refractivity contribution is 5.72. The first kappa shape index (κ1) is 25.1. The van der Waals surface area contributed by atoms with Crippen molar-refractivity contribution >= 4 is 11.9 Å². The van der Waals surface area contributed by atoms with Crippen molar-refractivity contribution in [3.63, 3.8) is 0 Å². The van der Waals surface area contributed by atoms with Crippen molar-refractivity contribution in [2.24, 2.45) is 35.5 Å². The SMILES string of the molecule is CCC(C)C(=O)OC1CC(C)CC2CCC(C)C(CCC(O)CC(O)CC(=O)O)C21. The van der Waals surface area contributed by atoms with Gasteiger partial charge in [0.15, 0.2) is 0 Å². The number of aliphatic carboxylic acids is 1. The van der Waals surface area contributed by atoms with Crippen LogP contribution < -0.4 is 0 Å². The van der Waals surface area contributed by atoms with Crippen molar-refractivity contribution in [2.45, 2.75) is 104 Å². The quantitative estimate of drug-likeness (QED) is 0.456. The summed E-state index contributed by atoms with van der Waals surface area (Å²) in [6.45, 7) is 8.44. The summed E-state index contributed by atoms with van der Waals surface area (Å²) in [6, 6.07) is 0. The first-order chi connectivity index (χ1) is 14.1. The van der Waals surface area contributed by atoms with Crippen molar-refractivity contribution in [3.05, 3.63) is 0 Å². The van der Waals surface area contributed by atoms with E-state index in [0.717, 1.165) is 25.7 Å². The topological polar surface area (TPSA) is 104 Å². The number of carboxylic acids is 1. The number of aliphatic hydroxyl groups is 2. The Labute approximate surface area is 181 Å². The molecule has 0 radical (unpaired) electrons. The fourth-order valence-corrected chi connectivity index (χ4v) is 5.77. The number of fused-ring (bicyclic) bond motifs is 1. The normalized spacial score (nSPS) is 34.5. The third kappa shape index (κ3) is 6.94. The molecule has 6 nitrogen and oxygen atoms in total. The molecule has 0 heterocycles. The average Bonchev–Trinajstić information content (AvgIpc) is 2.65. The molecular weight excluding hydrogens is 384 g/mol. The molecule has 9 atom stereocenters. The van der Waals surface area contributed by atoms with Gasteiger partial charge < -0.3 is 20.1 Å². The second-order valence-corrected chi connectivity index (χ2v) is 10.1. The van der Waals surface area contributed by atoms with Crippen molar-refractivity contribution in [1.82, 2.24) is 0 Å². The molecule has 3 N–H and O–H groups in total. The molecule has 0 spiro atoms. The molecule has 0 aromatic rings. The van der Waals surface area contributed by atoms with Gasteiger partial charge in [-0.2, -0.15) is 0 Å². The van der Waals surface area contributed by atoms with Crippen molar-refractivity contribution in [3.8, 4) is 0 Å². The Bertz CT molecular complexity index is 564. The molecule has 0 saturated heterocycles. The van der Waals surface area contributed by atoms with E-state index in [0.29, 0.717) is 36.0 Å². The van der Waals surface area contributed by atoms with Crippen LogP contribution in [-0.4, -0.2) is 45.6 Å². The molecule has 0 aliphatic heterocycles. The summed E-state index contributed by atoms with van der Waals surface area (Å²) >= 11 is 0. The largest absolute Gasteiger partial charge is 0.481 e. The van der Waals surface area contributed by atoms with E-state index in [1.807, 2.05) is 13.8 Å². The zero-order valence-corrected chi connectivity index (χ0v) is 19.1. The summed E-state index contributed by atoms with van der Waals surface area (Å²) in [5.41, 5.74) is 0. The maximum Gasteiger partial charge on any atom is 0.308 e. The van der Waals surface area contributed by atoms with E-state index in [9.17, 15) is 19.8 Å². The Balaban J connectivity index is 2.04. The van der Waals surface area contributed by atoms with Crippen LogP contribution in [0.4, 0.5) is 0 Å². The summed E-state index contributed by atoms with van der Waals surface area (Å²) in [4.78, 5) is 23.3. The summed E-state index contributed by atoms with van der Waals surface area (Å²) in [5.74, 6) is 1.07. The van der Waals surface area contributed by atoms with E-state index in [4.69, 9.17) is 9.84 Å². The first-order valence-corrected chi connectivity index (χ1v) is 11.9.